The molecule has 4 heteroatoms. The number of nitrogens with one attached hydrogen (secondary N) is 1. The molecule has 0 spiro atoms. The van der Waals surface area contributed by atoms with E-state index in [9.17, 15) is 4.79 Å². The van der Waals surface area contributed by atoms with Gasteiger partial charge >= 0.3 is 88.2 Å². The Morgan fingerprint density at radius 3 is 2.69 bits per heavy atom. The van der Waals surface area contributed by atoms with Crippen molar-refractivity contribution in [1.29, 1.82) is 0 Å². The van der Waals surface area contributed by atoms with Crippen LogP contribution in [0.2, 0.25) is 0 Å². The quantitative estimate of drug-likeness (QED) is 0.477. The van der Waals surface area contributed by atoms with Crippen LogP contribution in [-0.4, -0.2) is 20.0 Å². The predicted octanol–water partition coefficient (Wildman–Crippen LogP) is 1.28. The van der Waals surface area contributed by atoms with Gasteiger partial charge in [-0.05, 0) is 0 Å². The van der Waals surface area contributed by atoms with Gasteiger partial charge in [-0.2, -0.15) is 0 Å². The van der Waals surface area contributed by atoms with E-state index in [1.165, 1.54) is 6.08 Å². The molecule has 0 aliphatic carbocycles. The van der Waals surface area contributed by atoms with Gasteiger partial charge in [0.2, 0.25) is 0 Å². The molecule has 1 rings (SSSR count). The van der Waals surface area contributed by atoms with Crippen molar-refractivity contribution in [3.63, 3.8) is 0 Å². The van der Waals surface area contributed by atoms with Crippen molar-refractivity contribution in [3.8, 4) is 0 Å². The van der Waals surface area contributed by atoms with E-state index in [0.717, 1.165) is 5.56 Å². The van der Waals surface area contributed by atoms with Crippen LogP contribution in [0.15, 0.2) is 36.4 Å². The number of rotatable bonds is 3. The first-order valence-corrected chi connectivity index (χ1v) is 7.18. The Morgan fingerprint density at radius 1 is 1.38 bits per heavy atom. The molecular weight excluding hydrogens is 249 g/mol. The Balaban J connectivity index is 2.54. The van der Waals surface area contributed by atoms with Crippen LogP contribution < -0.4 is 4.33 Å². The minimum absolute atomic E-state index is 0.0983. The molecule has 0 saturated carbocycles. The normalized spacial score (nSPS) is 10.2. The fraction of sp³-hybridized carbons (Fsp3) is 0. The first kappa shape index (κ1) is 10.4. The van der Waals surface area contributed by atoms with Crippen LogP contribution in [0.5, 0.6) is 0 Å². The molecule has 0 saturated heterocycles. The van der Waals surface area contributed by atoms with Gasteiger partial charge in [0, 0.05) is 0 Å². The Labute approximate surface area is 88.3 Å². The predicted molar refractivity (Wildman–Crippen MR) is 58.4 cm³/mol. The van der Waals surface area contributed by atoms with Crippen LogP contribution in [0, 0.1) is 0 Å². The van der Waals surface area contributed by atoms with E-state index in [4.69, 9.17) is 0 Å². The molecule has 0 aromatic heterocycles. The fourth-order valence-electron chi connectivity index (χ4n) is 0.815. The standard InChI is InChI=1S/C9H9NOSSe/c11-9(10-13-12)7-6-8-4-2-1-3-5-8/h1-7,12H,(H,10,11)/b7-6+. The molecule has 0 unspecified atom stereocenters. The van der Waals surface area contributed by atoms with Crippen LogP contribution in [0.1, 0.15) is 5.56 Å². The second-order valence-corrected chi connectivity index (χ2v) is 4.06. The van der Waals surface area contributed by atoms with Crippen molar-refractivity contribution in [1.82, 2.24) is 4.33 Å². The maximum absolute atomic E-state index is 11.0. The van der Waals surface area contributed by atoms with E-state index in [2.05, 4.69) is 15.4 Å². The zero-order chi connectivity index (χ0) is 9.52. The molecule has 1 aromatic rings. The van der Waals surface area contributed by atoms with Gasteiger partial charge in [0.1, 0.15) is 0 Å². The fourth-order valence-corrected chi connectivity index (χ4v) is 1.61. The van der Waals surface area contributed by atoms with Gasteiger partial charge in [0.05, 0.1) is 0 Å². The summed E-state index contributed by atoms with van der Waals surface area (Å²) in [4.78, 5) is 11.0. The monoisotopic (exact) mass is 259 g/mol. The average molecular weight is 258 g/mol. The Kier molecular flexibility index (Phi) is 4.68. The summed E-state index contributed by atoms with van der Waals surface area (Å²) >= 11 is 3.82. The van der Waals surface area contributed by atoms with Crippen molar-refractivity contribution in [3.05, 3.63) is 42.0 Å². The van der Waals surface area contributed by atoms with Crippen LogP contribution in [0.3, 0.4) is 0 Å². The van der Waals surface area contributed by atoms with Gasteiger partial charge in [-0.15, -0.1) is 0 Å². The molecule has 0 radical (unpaired) electrons. The van der Waals surface area contributed by atoms with E-state index in [-0.39, 0.29) is 20.0 Å². The van der Waals surface area contributed by atoms with Gasteiger partial charge in [-0.1, -0.05) is 0 Å². The van der Waals surface area contributed by atoms with Crippen LogP contribution in [0.25, 0.3) is 6.08 Å². The van der Waals surface area contributed by atoms with Gasteiger partial charge in [0.15, 0.2) is 0 Å². The average Bonchev–Trinajstić information content (AvgIpc) is 2.17. The SMILES string of the molecule is O=C(/C=C/c1ccccc1)N[Se]S. The third kappa shape index (κ3) is 4.17. The summed E-state index contributed by atoms with van der Waals surface area (Å²) in [5, 5.41) is 0. The van der Waals surface area contributed by atoms with Crippen molar-refractivity contribution >= 4 is 37.1 Å². The molecule has 1 aromatic carbocycles. The van der Waals surface area contributed by atoms with Crippen LogP contribution in [-0.2, 0) is 4.79 Å². The molecule has 1 N–H and O–H groups in total. The summed E-state index contributed by atoms with van der Waals surface area (Å²) in [5.41, 5.74) is 1.02. The molecule has 0 heterocycles. The topological polar surface area (TPSA) is 29.1 Å². The zero-order valence-electron chi connectivity index (χ0n) is 6.81. The summed E-state index contributed by atoms with van der Waals surface area (Å²) in [6.45, 7) is 0. The molecule has 0 bridgehead atoms. The molecule has 2 nitrogen and oxygen atoms in total. The summed E-state index contributed by atoms with van der Waals surface area (Å²) < 4.78 is 2.62. The number of benzene rings is 1. The van der Waals surface area contributed by atoms with Crippen molar-refractivity contribution in [2.24, 2.45) is 0 Å². The van der Waals surface area contributed by atoms with E-state index >= 15 is 0 Å². The molecule has 68 valence electrons. The Bertz CT molecular complexity index is 300. The summed E-state index contributed by atoms with van der Waals surface area (Å²) in [6, 6.07) is 9.68. The van der Waals surface area contributed by atoms with E-state index in [0.29, 0.717) is 0 Å². The molecule has 0 aliphatic heterocycles. The summed E-state index contributed by atoms with van der Waals surface area (Å²) in [7, 11) is 0. The maximum atomic E-state index is 11.0. The molecule has 0 aliphatic rings. The summed E-state index contributed by atoms with van der Waals surface area (Å²) in [6.07, 6.45) is 3.28. The molecular formula is C9H9NOSSe. The number of amides is 1. The van der Waals surface area contributed by atoms with Crippen LogP contribution in [0.4, 0.5) is 0 Å². The van der Waals surface area contributed by atoms with E-state index in [1.807, 2.05) is 30.3 Å². The minimum atomic E-state index is -0.113. The Hall–Kier alpha value is -0.701. The second kappa shape index (κ2) is 5.86. The number of thiol groups is 1. The first-order chi connectivity index (χ1) is 6.33. The Morgan fingerprint density at radius 2 is 2.08 bits per heavy atom. The van der Waals surface area contributed by atoms with Crippen LogP contribution >= 0.6 is 11.0 Å². The number of hydrogen-bond acceptors (Lipinski definition) is 2. The molecule has 1 amide bonds. The van der Waals surface area contributed by atoms with Gasteiger partial charge in [-0.25, -0.2) is 0 Å². The van der Waals surface area contributed by atoms with Gasteiger partial charge in [0.25, 0.3) is 0 Å². The van der Waals surface area contributed by atoms with E-state index < -0.39 is 0 Å². The van der Waals surface area contributed by atoms with Gasteiger partial charge < -0.3 is 0 Å². The van der Waals surface area contributed by atoms with Crippen molar-refractivity contribution in [2.75, 3.05) is 0 Å². The molecule has 13 heavy (non-hydrogen) atoms. The van der Waals surface area contributed by atoms with Gasteiger partial charge in [-0.3, -0.25) is 0 Å². The first-order valence-electron chi connectivity index (χ1n) is 3.66. The van der Waals surface area contributed by atoms with E-state index in [1.54, 1.807) is 6.08 Å². The van der Waals surface area contributed by atoms with Crippen molar-refractivity contribution < 1.29 is 4.79 Å². The zero-order valence-corrected chi connectivity index (χ0v) is 9.41. The number of carbonyl (C=O) groups excluding carboxylic acids is 1. The second-order valence-electron chi connectivity index (χ2n) is 2.30. The van der Waals surface area contributed by atoms with Crippen molar-refractivity contribution in [2.45, 2.75) is 0 Å². The number of hydrogen-bond donors (Lipinski definition) is 2. The summed E-state index contributed by atoms with van der Waals surface area (Å²) in [5.74, 6) is -0.0983. The molecule has 0 fully saturated rings. The third-order valence-corrected chi connectivity index (χ3v) is 2.46. The third-order valence-electron chi connectivity index (χ3n) is 1.37. The number of carbonyl (C=O) groups is 1. The molecule has 0 atom stereocenters.